The molecule has 0 radical (unpaired) electrons. The summed E-state index contributed by atoms with van der Waals surface area (Å²) in [5, 5.41) is 9.72. The first-order chi connectivity index (χ1) is 17.1. The van der Waals surface area contributed by atoms with Crippen molar-refractivity contribution < 1.29 is 18.0 Å². The molecule has 3 saturated carbocycles. The maximum atomic E-state index is 14.2. The number of fused-ring (bicyclic) bond motifs is 7. The predicted octanol–water partition coefficient (Wildman–Crippen LogP) is 5.12. The first-order valence-electron chi connectivity index (χ1n) is 14.1. The van der Waals surface area contributed by atoms with Gasteiger partial charge in [0.15, 0.2) is 11.6 Å². The van der Waals surface area contributed by atoms with E-state index in [0.29, 0.717) is 0 Å². The zero-order chi connectivity index (χ0) is 27.2. The fourth-order valence-corrected chi connectivity index (χ4v) is 10.6. The van der Waals surface area contributed by atoms with E-state index in [1.165, 1.54) is 0 Å². The van der Waals surface area contributed by atoms with Crippen LogP contribution in [0.4, 0.5) is 0 Å². The van der Waals surface area contributed by atoms with Gasteiger partial charge in [-0.05, 0) is 86.5 Å². The fraction of sp³-hybridized carbons (Fsp3) is 0.767. The van der Waals surface area contributed by atoms with Gasteiger partial charge in [0.25, 0.3) is 0 Å². The smallest absolute Gasteiger partial charge is 0.211 e. The number of allylic oxidation sites excluding steroid dienone is 4. The number of nitriles is 1. The Labute approximate surface area is 222 Å². The van der Waals surface area contributed by atoms with Gasteiger partial charge in [-0.1, -0.05) is 46.3 Å². The third-order valence-corrected chi connectivity index (χ3v) is 12.9. The minimum Gasteiger partial charge on any atom is -0.295 e. The van der Waals surface area contributed by atoms with Gasteiger partial charge in [0.1, 0.15) is 6.07 Å². The van der Waals surface area contributed by atoms with Gasteiger partial charge in [0, 0.05) is 22.8 Å². The molecule has 8 atom stereocenters. The molecule has 3 fully saturated rings. The van der Waals surface area contributed by atoms with Crippen molar-refractivity contribution in [3.63, 3.8) is 0 Å². The second-order valence-electron chi connectivity index (χ2n) is 13.9. The van der Waals surface area contributed by atoms with E-state index in [1.807, 2.05) is 19.1 Å². The van der Waals surface area contributed by atoms with Crippen LogP contribution in [0.1, 0.15) is 86.5 Å². The number of Topliss-reactive ketones (excluding diaryl/α,β-unsaturated/α-hetero) is 1. The summed E-state index contributed by atoms with van der Waals surface area (Å²) in [6.07, 6.45) is 9.61. The van der Waals surface area contributed by atoms with Crippen LogP contribution in [0.5, 0.6) is 0 Å². The van der Waals surface area contributed by atoms with Crippen molar-refractivity contribution in [2.45, 2.75) is 92.0 Å². The molecular weight excluding hydrogens is 484 g/mol. The Morgan fingerprint density at radius 1 is 1.03 bits per heavy atom. The van der Waals surface area contributed by atoms with Gasteiger partial charge < -0.3 is 0 Å². The van der Waals surface area contributed by atoms with Crippen molar-refractivity contribution in [2.24, 2.45) is 45.8 Å². The molecule has 5 aliphatic carbocycles. The molecule has 0 amide bonds. The van der Waals surface area contributed by atoms with Gasteiger partial charge in [-0.15, -0.1) is 0 Å². The molecule has 0 aromatic carbocycles. The Hall–Kier alpha value is -1.78. The predicted molar refractivity (Wildman–Crippen MR) is 143 cm³/mol. The van der Waals surface area contributed by atoms with Crippen LogP contribution in [-0.2, 0) is 19.6 Å². The van der Waals surface area contributed by atoms with Gasteiger partial charge in [-0.2, -0.15) is 5.26 Å². The van der Waals surface area contributed by atoms with Gasteiger partial charge in [0.05, 0.1) is 11.3 Å². The SMILES string of the molecule is CCS(=O)(=O)NC12CCC3C(C(=O)C=C4C5(C)C=C(C#N)C(=O)C(C)C5CCC43C)C1CC(C)(C)CC2. The molecule has 8 unspecified atom stereocenters. The highest BCUT2D eigenvalue weighted by molar-refractivity contribution is 7.89. The lowest BCUT2D eigenvalue weighted by Crippen LogP contribution is -2.66. The molecule has 5 aliphatic rings. The Balaban J connectivity index is 1.63. The molecule has 6 nitrogen and oxygen atoms in total. The van der Waals surface area contributed by atoms with E-state index in [1.54, 1.807) is 6.92 Å². The average molecular weight is 527 g/mol. The summed E-state index contributed by atoms with van der Waals surface area (Å²) in [6, 6.07) is 2.13. The zero-order valence-electron chi connectivity index (χ0n) is 23.2. The minimum atomic E-state index is -3.42. The highest BCUT2D eigenvalue weighted by Crippen LogP contribution is 2.68. The van der Waals surface area contributed by atoms with Gasteiger partial charge >= 0.3 is 0 Å². The van der Waals surface area contributed by atoms with Crippen molar-refractivity contribution in [3.05, 3.63) is 23.3 Å². The largest absolute Gasteiger partial charge is 0.295 e. The van der Waals surface area contributed by atoms with Crippen LogP contribution in [0, 0.1) is 57.2 Å². The number of hydrogen-bond donors (Lipinski definition) is 1. The molecule has 0 spiro atoms. The Bertz CT molecular complexity index is 1260. The normalized spacial score (nSPS) is 44.8. The van der Waals surface area contributed by atoms with E-state index in [0.717, 1.165) is 50.5 Å². The Morgan fingerprint density at radius 3 is 2.35 bits per heavy atom. The summed E-state index contributed by atoms with van der Waals surface area (Å²) >= 11 is 0. The average Bonchev–Trinajstić information content (AvgIpc) is 2.82. The molecule has 7 heteroatoms. The third kappa shape index (κ3) is 3.84. The first-order valence-corrected chi connectivity index (χ1v) is 15.7. The first kappa shape index (κ1) is 26.8. The van der Waals surface area contributed by atoms with Crippen molar-refractivity contribution >= 4 is 21.6 Å². The van der Waals surface area contributed by atoms with Gasteiger partial charge in [-0.3, -0.25) is 9.59 Å². The summed E-state index contributed by atoms with van der Waals surface area (Å²) in [6.45, 7) is 12.5. The number of ketones is 2. The van der Waals surface area contributed by atoms with Crippen molar-refractivity contribution in [1.82, 2.24) is 4.72 Å². The molecule has 0 aliphatic heterocycles. The summed E-state index contributed by atoms with van der Waals surface area (Å²) in [4.78, 5) is 27.0. The summed E-state index contributed by atoms with van der Waals surface area (Å²) < 4.78 is 28.8. The number of hydrogen-bond acceptors (Lipinski definition) is 5. The lowest BCUT2D eigenvalue weighted by molar-refractivity contribution is -0.138. The molecule has 37 heavy (non-hydrogen) atoms. The van der Waals surface area contributed by atoms with Crippen LogP contribution in [0.15, 0.2) is 23.3 Å². The van der Waals surface area contributed by atoms with Crippen LogP contribution < -0.4 is 4.72 Å². The summed E-state index contributed by atoms with van der Waals surface area (Å²) in [7, 11) is -3.42. The second-order valence-corrected chi connectivity index (χ2v) is 15.9. The van der Waals surface area contributed by atoms with Crippen LogP contribution in [0.25, 0.3) is 0 Å². The highest BCUT2D eigenvalue weighted by atomic mass is 32.2. The Kier molecular flexibility index (Phi) is 6.06. The molecule has 0 aromatic heterocycles. The van der Waals surface area contributed by atoms with E-state index in [2.05, 4.69) is 38.5 Å². The van der Waals surface area contributed by atoms with Gasteiger partial charge in [0.2, 0.25) is 10.0 Å². The van der Waals surface area contributed by atoms with Crippen molar-refractivity contribution in [2.75, 3.05) is 5.75 Å². The van der Waals surface area contributed by atoms with E-state index >= 15 is 0 Å². The number of carbonyl (C=O) groups excluding carboxylic acids is 2. The topological polar surface area (TPSA) is 104 Å². The lowest BCUT2D eigenvalue weighted by atomic mass is 9.40. The number of carbonyl (C=O) groups is 2. The third-order valence-electron chi connectivity index (χ3n) is 11.5. The molecular formula is C30H42N2O4S. The minimum absolute atomic E-state index is 0.0406. The highest BCUT2D eigenvalue weighted by Gasteiger charge is 2.64. The van der Waals surface area contributed by atoms with E-state index in [9.17, 15) is 23.3 Å². The number of nitrogens with one attached hydrogen (secondary N) is 1. The van der Waals surface area contributed by atoms with Crippen LogP contribution in [0.3, 0.4) is 0 Å². The molecule has 1 N–H and O–H groups in total. The number of nitrogens with zero attached hydrogens (tertiary/aromatic N) is 1. The Morgan fingerprint density at radius 2 is 1.70 bits per heavy atom. The molecule has 0 aromatic rings. The zero-order valence-corrected chi connectivity index (χ0v) is 24.0. The van der Waals surface area contributed by atoms with E-state index in [4.69, 9.17) is 0 Å². The number of rotatable bonds is 3. The summed E-state index contributed by atoms with van der Waals surface area (Å²) in [5.41, 5.74) is 0.0626. The van der Waals surface area contributed by atoms with Crippen molar-refractivity contribution in [3.8, 4) is 6.07 Å². The molecule has 202 valence electrons. The molecule has 0 heterocycles. The van der Waals surface area contributed by atoms with E-state index < -0.39 is 21.0 Å². The van der Waals surface area contributed by atoms with Crippen LogP contribution in [0.2, 0.25) is 0 Å². The lowest BCUT2D eigenvalue weighted by Gasteiger charge is -2.64. The van der Waals surface area contributed by atoms with Gasteiger partial charge in [-0.25, -0.2) is 13.1 Å². The standard InChI is InChI=1S/C30H42N2O4S/c1-7-37(35,36)32-30-11-9-21-25(22(30)16-27(3,4)12-13-30)23(33)14-24-28(21,5)10-8-20-18(2)26(34)19(17-31)15-29(20,24)6/h14-15,18,20-22,25,32H,7-13,16H2,1-6H3. The quantitative estimate of drug-likeness (QED) is 0.550. The van der Waals surface area contributed by atoms with Crippen molar-refractivity contribution in [1.29, 1.82) is 5.26 Å². The molecule has 5 rings (SSSR count). The fourth-order valence-electron chi connectivity index (χ4n) is 9.45. The maximum Gasteiger partial charge on any atom is 0.211 e. The van der Waals surface area contributed by atoms with Crippen LogP contribution in [-0.4, -0.2) is 31.3 Å². The number of sulfonamides is 1. The summed E-state index contributed by atoms with van der Waals surface area (Å²) in [5.74, 6) is -0.230. The maximum absolute atomic E-state index is 14.2. The monoisotopic (exact) mass is 526 g/mol. The second kappa shape index (κ2) is 8.36. The molecule has 0 saturated heterocycles. The van der Waals surface area contributed by atoms with Crippen LogP contribution >= 0.6 is 0 Å². The van der Waals surface area contributed by atoms with E-state index in [-0.39, 0.29) is 63.3 Å². The molecule has 0 bridgehead atoms.